The Hall–Kier alpha value is -6.44. The molecule has 56 heavy (non-hydrogen) atoms. The largest absolute Gasteiger partial charge is 0.455 e. The van der Waals surface area contributed by atoms with Crippen molar-refractivity contribution in [3.63, 3.8) is 0 Å². The van der Waals surface area contributed by atoms with E-state index in [-0.39, 0.29) is 5.41 Å². The predicted molar refractivity (Wildman–Crippen MR) is 239 cm³/mol. The lowest BCUT2D eigenvalue weighted by Gasteiger charge is -2.23. The van der Waals surface area contributed by atoms with Crippen molar-refractivity contribution in [2.75, 3.05) is 0 Å². The van der Waals surface area contributed by atoms with Crippen molar-refractivity contribution in [2.24, 2.45) is 0 Å². The molecule has 8 aromatic carbocycles. The van der Waals surface area contributed by atoms with E-state index in [4.69, 9.17) is 4.42 Å². The van der Waals surface area contributed by atoms with Crippen molar-refractivity contribution < 1.29 is 4.42 Å². The molecule has 10 rings (SSSR count). The van der Waals surface area contributed by atoms with Gasteiger partial charge in [0.1, 0.15) is 11.2 Å². The fourth-order valence-corrected chi connectivity index (χ4v) is 9.56. The van der Waals surface area contributed by atoms with Crippen LogP contribution >= 0.6 is 0 Å². The number of rotatable bonds is 5. The molecule has 0 saturated heterocycles. The van der Waals surface area contributed by atoms with Crippen LogP contribution in [0.15, 0.2) is 174 Å². The van der Waals surface area contributed by atoms with Crippen LogP contribution in [0.3, 0.4) is 0 Å². The van der Waals surface area contributed by atoms with Gasteiger partial charge in [-0.3, -0.25) is 0 Å². The number of hydrogen-bond donors (Lipinski definition) is 0. The molecule has 1 aliphatic carbocycles. The lowest BCUT2D eigenvalue weighted by molar-refractivity contribution is 0.656. The van der Waals surface area contributed by atoms with E-state index in [1.165, 1.54) is 99.1 Å². The van der Waals surface area contributed by atoms with Gasteiger partial charge in [0, 0.05) is 21.6 Å². The summed E-state index contributed by atoms with van der Waals surface area (Å²) in [5.74, 6) is 0. The number of furan rings is 1. The Morgan fingerprint density at radius 3 is 1.75 bits per heavy atom. The highest BCUT2D eigenvalue weighted by Crippen LogP contribution is 2.54. The van der Waals surface area contributed by atoms with Crippen molar-refractivity contribution in [1.82, 2.24) is 0 Å². The van der Waals surface area contributed by atoms with E-state index < -0.39 is 0 Å². The average molecular weight is 721 g/mol. The van der Waals surface area contributed by atoms with E-state index in [1.807, 2.05) is 0 Å². The normalized spacial score (nSPS) is 12.9. The molecular weight excluding hydrogens is 677 g/mol. The van der Waals surface area contributed by atoms with E-state index >= 15 is 0 Å². The van der Waals surface area contributed by atoms with Crippen LogP contribution in [0.25, 0.3) is 88.0 Å². The maximum Gasteiger partial charge on any atom is 0.143 e. The Labute approximate surface area is 329 Å². The molecule has 270 valence electrons. The summed E-state index contributed by atoms with van der Waals surface area (Å²) in [6.45, 7) is 9.26. The monoisotopic (exact) mass is 720 g/mol. The lowest BCUT2D eigenvalue weighted by atomic mass is 9.79. The third kappa shape index (κ3) is 5.29. The molecule has 0 amide bonds. The summed E-state index contributed by atoms with van der Waals surface area (Å²) in [4.78, 5) is 0. The molecular formula is C55H44O. The van der Waals surface area contributed by atoms with Crippen LogP contribution in [0.1, 0.15) is 49.9 Å². The zero-order valence-electron chi connectivity index (χ0n) is 32.5. The van der Waals surface area contributed by atoms with Crippen LogP contribution in [0.4, 0.5) is 0 Å². The summed E-state index contributed by atoms with van der Waals surface area (Å²) >= 11 is 0. The molecule has 0 aliphatic heterocycles. The second-order valence-corrected chi connectivity index (χ2v) is 15.7. The van der Waals surface area contributed by atoms with Crippen molar-refractivity contribution >= 4 is 43.5 Å². The van der Waals surface area contributed by atoms with Gasteiger partial charge in [0.25, 0.3) is 0 Å². The number of hydrogen-bond acceptors (Lipinski definition) is 1. The zero-order chi connectivity index (χ0) is 38.0. The van der Waals surface area contributed by atoms with E-state index in [0.717, 1.165) is 24.0 Å². The predicted octanol–water partition coefficient (Wildman–Crippen LogP) is 15.4. The van der Waals surface area contributed by atoms with Crippen molar-refractivity contribution in [2.45, 2.75) is 46.0 Å². The summed E-state index contributed by atoms with van der Waals surface area (Å²) in [7, 11) is 0. The van der Waals surface area contributed by atoms with Gasteiger partial charge in [0.2, 0.25) is 0 Å². The average Bonchev–Trinajstić information content (AvgIpc) is 3.73. The summed E-state index contributed by atoms with van der Waals surface area (Å²) in [6, 6.07) is 62.7. The minimum absolute atomic E-state index is 0.208. The Bertz CT molecular complexity index is 3080. The highest BCUT2D eigenvalue weighted by Gasteiger charge is 2.38. The minimum Gasteiger partial charge on any atom is -0.455 e. The first-order chi connectivity index (χ1) is 27.5. The van der Waals surface area contributed by atoms with Crippen molar-refractivity contribution in [3.05, 3.63) is 192 Å². The van der Waals surface area contributed by atoms with Crippen LogP contribution in [-0.4, -0.2) is 0 Å². The van der Waals surface area contributed by atoms with Gasteiger partial charge in [-0.25, -0.2) is 0 Å². The minimum atomic E-state index is -0.208. The molecule has 9 aromatic rings. The molecule has 0 fully saturated rings. The molecule has 1 aromatic heterocycles. The summed E-state index contributed by atoms with van der Waals surface area (Å²) in [5.41, 5.74) is 17.3. The topological polar surface area (TPSA) is 13.1 Å². The van der Waals surface area contributed by atoms with Gasteiger partial charge in [-0.15, -0.1) is 0 Å². The maximum atomic E-state index is 6.66. The number of para-hydroxylation sites is 1. The number of fused-ring (bicyclic) bond motifs is 10. The summed E-state index contributed by atoms with van der Waals surface area (Å²) in [6.07, 6.45) is 1.98. The smallest absolute Gasteiger partial charge is 0.143 e. The third-order valence-electron chi connectivity index (χ3n) is 12.3. The molecule has 1 heterocycles. The molecule has 1 nitrogen and oxygen atoms in total. The van der Waals surface area contributed by atoms with E-state index in [2.05, 4.69) is 198 Å². The Balaban J connectivity index is 1.18. The molecule has 0 spiro atoms. The van der Waals surface area contributed by atoms with Gasteiger partial charge in [-0.05, 0) is 114 Å². The van der Waals surface area contributed by atoms with Crippen LogP contribution < -0.4 is 0 Å². The zero-order valence-corrected chi connectivity index (χ0v) is 32.5. The molecule has 1 heteroatoms. The molecule has 0 N–H and O–H groups in total. The SMILES string of the molecule is CCc1ccccc1-c1ccc(-c2ccccccc(-c3ccc4c(c3)-c3ccc5ccc6c7ccccc7oc6c5c3C4(C)C)c3ccccc23)cc1CC. The maximum absolute atomic E-state index is 6.66. The van der Waals surface area contributed by atoms with Gasteiger partial charge in [-0.2, -0.15) is 0 Å². The van der Waals surface area contributed by atoms with Crippen LogP contribution in [0.2, 0.25) is 0 Å². The standard InChI is InChI=1S/C55H44O/c1-5-35-17-11-12-20-40(35)43-29-27-38(33-36(43)6-2)41-18-9-7-8-10-19-42(45-22-14-13-21-44(41)45)39-28-32-50-49(34-39)47-30-25-37-26-31-48-46-23-15-16-24-51(46)56-54(48)52(37)53(47)55(50,3)4/h7-34H,5-6H2,1-4H3. The lowest BCUT2D eigenvalue weighted by Crippen LogP contribution is -2.15. The number of benzene rings is 7. The molecule has 0 saturated carbocycles. The van der Waals surface area contributed by atoms with Gasteiger partial charge >= 0.3 is 0 Å². The second kappa shape index (κ2) is 13.4. The molecule has 0 atom stereocenters. The van der Waals surface area contributed by atoms with Gasteiger partial charge in [0.05, 0.1) is 0 Å². The Morgan fingerprint density at radius 2 is 1.00 bits per heavy atom. The highest BCUT2D eigenvalue weighted by atomic mass is 16.3. The second-order valence-electron chi connectivity index (χ2n) is 15.7. The quantitative estimate of drug-likeness (QED) is 0.173. The number of aryl methyl sites for hydroxylation is 2. The van der Waals surface area contributed by atoms with Gasteiger partial charge in [0.15, 0.2) is 0 Å². The fraction of sp³-hybridized carbons (Fsp3) is 0.127. The van der Waals surface area contributed by atoms with Gasteiger partial charge < -0.3 is 4.42 Å². The van der Waals surface area contributed by atoms with Crippen molar-refractivity contribution in [1.29, 1.82) is 0 Å². The summed E-state index contributed by atoms with van der Waals surface area (Å²) in [5, 5.41) is 7.22. The molecule has 0 bridgehead atoms. The van der Waals surface area contributed by atoms with E-state index in [0.29, 0.717) is 0 Å². The first kappa shape index (κ1) is 34.1. The Morgan fingerprint density at radius 1 is 0.429 bits per heavy atom. The van der Waals surface area contributed by atoms with Gasteiger partial charge in [-0.1, -0.05) is 179 Å². The van der Waals surface area contributed by atoms with Crippen molar-refractivity contribution in [3.8, 4) is 44.5 Å². The van der Waals surface area contributed by atoms with E-state index in [9.17, 15) is 0 Å². The Kier molecular flexibility index (Phi) is 8.15. The van der Waals surface area contributed by atoms with Crippen LogP contribution in [0.5, 0.6) is 0 Å². The molecule has 1 aliphatic rings. The van der Waals surface area contributed by atoms with E-state index in [1.54, 1.807) is 0 Å². The third-order valence-corrected chi connectivity index (χ3v) is 12.3. The summed E-state index contributed by atoms with van der Waals surface area (Å²) < 4.78 is 6.66. The molecule has 0 unspecified atom stereocenters. The first-order valence-electron chi connectivity index (χ1n) is 20.1. The molecule has 0 radical (unpaired) electrons. The van der Waals surface area contributed by atoms with Crippen LogP contribution in [0, 0.1) is 0 Å². The first-order valence-corrected chi connectivity index (χ1v) is 20.1. The van der Waals surface area contributed by atoms with Crippen LogP contribution in [-0.2, 0) is 18.3 Å². The highest BCUT2D eigenvalue weighted by molar-refractivity contribution is 6.18. The fourth-order valence-electron chi connectivity index (χ4n) is 9.56.